The van der Waals surface area contributed by atoms with E-state index in [0.29, 0.717) is 17.4 Å². The number of ether oxygens (including phenoxy) is 2. The molecule has 0 unspecified atom stereocenters. The van der Waals surface area contributed by atoms with Crippen LogP contribution >= 0.6 is 11.6 Å². The Kier molecular flexibility index (Phi) is 5.66. The molecule has 0 radical (unpaired) electrons. The average Bonchev–Trinajstić information content (AvgIpc) is 2.85. The minimum atomic E-state index is -0.740. The van der Waals surface area contributed by atoms with Crippen molar-refractivity contribution in [3.8, 4) is 16.9 Å². The van der Waals surface area contributed by atoms with Crippen LogP contribution in [0.25, 0.3) is 11.1 Å². The number of halogens is 1. The van der Waals surface area contributed by atoms with Crippen molar-refractivity contribution in [1.29, 1.82) is 0 Å². The summed E-state index contributed by atoms with van der Waals surface area (Å²) in [7, 11) is 0. The van der Waals surface area contributed by atoms with E-state index in [1.807, 2.05) is 30.3 Å². The zero-order chi connectivity index (χ0) is 19.6. The van der Waals surface area contributed by atoms with Gasteiger partial charge >= 0.3 is 6.09 Å². The summed E-state index contributed by atoms with van der Waals surface area (Å²) in [6.07, 6.45) is 1.85. The van der Waals surface area contributed by atoms with Crippen molar-refractivity contribution in [1.82, 2.24) is 0 Å². The van der Waals surface area contributed by atoms with Gasteiger partial charge in [0.15, 0.2) is 0 Å². The standard InChI is InChI=1S/C22H26ClNO3/c1-4-5-10-26-19-9-7-15(12-18(19)23)14-6-8-17-16(11-14)13-22(2,3)20(17)27-21(24)25/h6-9,11-12,20H,4-5,10,13H2,1-3H3,(H2,24,25)/t20-/m0/s1. The smallest absolute Gasteiger partial charge is 0.405 e. The normalized spacial score (nSPS) is 17.4. The van der Waals surface area contributed by atoms with E-state index in [0.717, 1.165) is 36.0 Å². The van der Waals surface area contributed by atoms with Gasteiger partial charge < -0.3 is 15.2 Å². The number of fused-ring (bicyclic) bond motifs is 1. The number of amides is 1. The highest BCUT2D eigenvalue weighted by Crippen LogP contribution is 2.48. The molecular weight excluding hydrogens is 362 g/mol. The molecular formula is C22H26ClNO3. The minimum absolute atomic E-state index is 0.190. The van der Waals surface area contributed by atoms with Crippen LogP contribution in [0.4, 0.5) is 4.79 Å². The number of benzene rings is 2. The third-order valence-corrected chi connectivity index (χ3v) is 5.33. The molecule has 1 atom stereocenters. The molecule has 4 nitrogen and oxygen atoms in total. The summed E-state index contributed by atoms with van der Waals surface area (Å²) < 4.78 is 11.1. The number of hydrogen-bond donors (Lipinski definition) is 1. The van der Waals surface area contributed by atoms with Gasteiger partial charge in [-0.3, -0.25) is 0 Å². The predicted octanol–water partition coefficient (Wildman–Crippen LogP) is 5.90. The van der Waals surface area contributed by atoms with E-state index < -0.39 is 6.09 Å². The zero-order valence-corrected chi connectivity index (χ0v) is 16.8. The zero-order valence-electron chi connectivity index (χ0n) is 16.0. The molecule has 0 fully saturated rings. The highest BCUT2D eigenvalue weighted by atomic mass is 35.5. The molecule has 0 heterocycles. The maximum absolute atomic E-state index is 11.3. The number of carbonyl (C=O) groups is 1. The van der Waals surface area contributed by atoms with Gasteiger partial charge in [0.05, 0.1) is 11.6 Å². The molecule has 0 bridgehead atoms. The van der Waals surface area contributed by atoms with Gasteiger partial charge in [-0.2, -0.15) is 0 Å². The molecule has 3 rings (SSSR count). The highest BCUT2D eigenvalue weighted by molar-refractivity contribution is 6.32. The maximum Gasteiger partial charge on any atom is 0.405 e. The summed E-state index contributed by atoms with van der Waals surface area (Å²) in [5, 5.41) is 0.611. The average molecular weight is 388 g/mol. The Hall–Kier alpha value is -2.20. The molecule has 27 heavy (non-hydrogen) atoms. The Balaban J connectivity index is 1.86. The molecule has 2 N–H and O–H groups in total. The third-order valence-electron chi connectivity index (χ3n) is 5.04. The SMILES string of the molecule is CCCCOc1ccc(-c2ccc3c(c2)CC(C)(C)[C@H]3OC(N)=O)cc1Cl. The Morgan fingerprint density at radius 2 is 1.93 bits per heavy atom. The largest absolute Gasteiger partial charge is 0.492 e. The first-order chi connectivity index (χ1) is 12.8. The van der Waals surface area contributed by atoms with Crippen LogP contribution in [0, 0.1) is 5.41 Å². The first-order valence-electron chi connectivity index (χ1n) is 9.33. The summed E-state index contributed by atoms with van der Waals surface area (Å²) in [6, 6.07) is 12.1. The van der Waals surface area contributed by atoms with Gasteiger partial charge in [0.2, 0.25) is 0 Å². The Labute approximate surface area is 165 Å². The third kappa shape index (κ3) is 4.22. The fourth-order valence-electron chi connectivity index (χ4n) is 3.66. The van der Waals surface area contributed by atoms with Gasteiger partial charge in [-0.1, -0.05) is 63.1 Å². The Morgan fingerprint density at radius 1 is 1.22 bits per heavy atom. The maximum atomic E-state index is 11.3. The Bertz CT molecular complexity index is 847. The van der Waals surface area contributed by atoms with Gasteiger partial charge in [0.25, 0.3) is 0 Å². The van der Waals surface area contributed by atoms with Crippen molar-refractivity contribution in [2.45, 2.75) is 46.1 Å². The fourth-order valence-corrected chi connectivity index (χ4v) is 3.90. The summed E-state index contributed by atoms with van der Waals surface area (Å²) >= 11 is 6.40. The molecule has 2 aromatic rings. The lowest BCUT2D eigenvalue weighted by Crippen LogP contribution is -2.25. The minimum Gasteiger partial charge on any atom is -0.492 e. The molecule has 0 aromatic heterocycles. The van der Waals surface area contributed by atoms with E-state index in [1.54, 1.807) is 0 Å². The number of rotatable bonds is 6. The van der Waals surface area contributed by atoms with E-state index >= 15 is 0 Å². The molecule has 1 amide bonds. The van der Waals surface area contributed by atoms with Gasteiger partial charge in [-0.25, -0.2) is 4.79 Å². The molecule has 2 aromatic carbocycles. The van der Waals surface area contributed by atoms with E-state index in [2.05, 4.69) is 26.8 Å². The number of primary amides is 1. The second-order valence-electron chi connectivity index (χ2n) is 7.74. The molecule has 0 saturated carbocycles. The van der Waals surface area contributed by atoms with Crippen LogP contribution in [0.1, 0.15) is 50.8 Å². The van der Waals surface area contributed by atoms with Crippen LogP contribution < -0.4 is 10.5 Å². The summed E-state index contributed by atoms with van der Waals surface area (Å²) in [6.45, 7) is 6.96. The summed E-state index contributed by atoms with van der Waals surface area (Å²) in [5.41, 5.74) is 9.36. The van der Waals surface area contributed by atoms with Crippen molar-refractivity contribution in [2.75, 3.05) is 6.61 Å². The molecule has 5 heteroatoms. The van der Waals surface area contributed by atoms with Crippen molar-refractivity contribution in [3.63, 3.8) is 0 Å². The van der Waals surface area contributed by atoms with Gasteiger partial charge in [0, 0.05) is 5.41 Å². The number of unbranched alkanes of at least 4 members (excludes halogenated alkanes) is 1. The topological polar surface area (TPSA) is 61.6 Å². The first-order valence-corrected chi connectivity index (χ1v) is 9.71. The van der Waals surface area contributed by atoms with Gasteiger partial charge in [-0.15, -0.1) is 0 Å². The second-order valence-corrected chi connectivity index (χ2v) is 8.15. The van der Waals surface area contributed by atoms with Gasteiger partial charge in [-0.05, 0) is 47.2 Å². The highest BCUT2D eigenvalue weighted by Gasteiger charge is 2.41. The molecule has 0 spiro atoms. The van der Waals surface area contributed by atoms with E-state index in [-0.39, 0.29) is 11.5 Å². The van der Waals surface area contributed by atoms with Crippen LogP contribution in [0.5, 0.6) is 5.75 Å². The van der Waals surface area contributed by atoms with Crippen molar-refractivity contribution in [2.24, 2.45) is 11.1 Å². The van der Waals surface area contributed by atoms with Crippen LogP contribution in [0.3, 0.4) is 0 Å². The van der Waals surface area contributed by atoms with E-state index in [1.165, 1.54) is 5.56 Å². The molecule has 144 valence electrons. The van der Waals surface area contributed by atoms with E-state index in [9.17, 15) is 4.79 Å². The number of hydrogen-bond acceptors (Lipinski definition) is 3. The quantitative estimate of drug-likeness (QED) is 0.627. The first kappa shape index (κ1) is 19.6. The lowest BCUT2D eigenvalue weighted by molar-refractivity contribution is 0.0392. The summed E-state index contributed by atoms with van der Waals surface area (Å²) in [4.78, 5) is 11.3. The lowest BCUT2D eigenvalue weighted by atomic mass is 9.87. The van der Waals surface area contributed by atoms with Crippen molar-refractivity contribution >= 4 is 17.7 Å². The van der Waals surface area contributed by atoms with Crippen LogP contribution in [0.15, 0.2) is 36.4 Å². The summed E-state index contributed by atoms with van der Waals surface area (Å²) in [5.74, 6) is 0.714. The molecule has 1 aliphatic rings. The number of carbonyl (C=O) groups excluding carboxylic acids is 1. The predicted molar refractivity (Wildman–Crippen MR) is 108 cm³/mol. The Morgan fingerprint density at radius 3 is 2.59 bits per heavy atom. The molecule has 0 aliphatic heterocycles. The van der Waals surface area contributed by atoms with Gasteiger partial charge in [0.1, 0.15) is 11.9 Å². The van der Waals surface area contributed by atoms with Crippen LogP contribution in [0.2, 0.25) is 5.02 Å². The fraction of sp³-hybridized carbons (Fsp3) is 0.409. The van der Waals surface area contributed by atoms with Crippen LogP contribution in [-0.4, -0.2) is 12.7 Å². The van der Waals surface area contributed by atoms with Crippen molar-refractivity contribution < 1.29 is 14.3 Å². The second kappa shape index (κ2) is 7.81. The van der Waals surface area contributed by atoms with Crippen LogP contribution in [-0.2, 0) is 11.2 Å². The number of nitrogens with two attached hydrogens (primary N) is 1. The molecule has 0 saturated heterocycles. The monoisotopic (exact) mass is 387 g/mol. The lowest BCUT2D eigenvalue weighted by Gasteiger charge is -2.26. The molecule has 1 aliphatic carbocycles. The van der Waals surface area contributed by atoms with E-state index in [4.69, 9.17) is 26.8 Å². The van der Waals surface area contributed by atoms with Crippen molar-refractivity contribution in [3.05, 3.63) is 52.5 Å².